The molecule has 2 fully saturated rings. The van der Waals surface area contributed by atoms with Crippen molar-refractivity contribution in [3.8, 4) is 0 Å². The summed E-state index contributed by atoms with van der Waals surface area (Å²) in [7, 11) is 0. The summed E-state index contributed by atoms with van der Waals surface area (Å²) in [5.74, 6) is -1.04. The number of hydrogen-bond acceptors (Lipinski definition) is 1. The molecule has 2 aliphatic carbocycles. The second kappa shape index (κ2) is 4.06. The first-order valence-corrected chi connectivity index (χ1v) is 8.01. The highest BCUT2D eigenvalue weighted by Crippen LogP contribution is 2.79. The predicted molar refractivity (Wildman–Crippen MR) is 77.7 cm³/mol. The fraction of sp³-hybridized carbons (Fsp3) is 0.778. The van der Waals surface area contributed by atoms with Gasteiger partial charge in [0.05, 0.1) is 10.1 Å². The Hall–Kier alpha value is 2.02. The smallest absolute Gasteiger partial charge is 0.167 e. The van der Waals surface area contributed by atoms with E-state index in [1.807, 2.05) is 0 Å². The predicted octanol–water partition coefficient (Wildman–Crippen LogP) is 5.22. The van der Waals surface area contributed by atoms with Crippen molar-refractivity contribution in [3.05, 3.63) is 10.1 Å². The molecule has 0 amide bonds. The molecule has 0 unspecified atom stereocenters. The lowest BCUT2D eigenvalue weighted by Crippen LogP contribution is -2.47. The zero-order valence-corrected chi connectivity index (χ0v) is 14.3. The monoisotopic (exact) mass is 408 g/mol. The summed E-state index contributed by atoms with van der Waals surface area (Å²) in [6.45, 7) is 0. The standard InChI is InChI=1S/C9H4Cl8O/c10-3-4(11)8(15)2-1(5(12)18-6(2)13)7(3,14)9(8,16)17/h1-2,5-6H/t1-,2-,5-,6+,7-,8+/m0/s1. The quantitative estimate of drug-likeness (QED) is 0.496. The molecular weight excluding hydrogens is 408 g/mol. The molecule has 0 aromatic heterocycles. The third-order valence-electron chi connectivity index (χ3n) is 3.88. The molecular formula is C9H4Cl8O. The number of hydrogen-bond donors (Lipinski definition) is 0. The highest BCUT2D eigenvalue weighted by molar-refractivity contribution is 6.66. The Kier molecular flexibility index (Phi) is 3.37. The Bertz CT molecular complexity index is 425. The summed E-state index contributed by atoms with van der Waals surface area (Å²) in [6.07, 6.45) is 0. The average Bonchev–Trinajstić information content (AvgIpc) is 2.68. The number of fused-ring (bicyclic) bond motifs is 5. The lowest BCUT2D eigenvalue weighted by molar-refractivity contribution is 0.112. The Morgan fingerprint density at radius 3 is 1.44 bits per heavy atom. The van der Waals surface area contributed by atoms with Crippen LogP contribution in [0, 0.1) is 11.8 Å². The Labute approximate surface area is 143 Å². The molecule has 9 heteroatoms. The Balaban J connectivity index is 2.30. The van der Waals surface area contributed by atoms with Crippen LogP contribution in [0.3, 0.4) is 0 Å². The van der Waals surface area contributed by atoms with E-state index in [0.717, 1.165) is 0 Å². The molecule has 0 N–H and O–H groups in total. The van der Waals surface area contributed by atoms with E-state index in [0.29, 0.717) is 0 Å². The lowest BCUT2D eigenvalue weighted by Gasteiger charge is -2.34. The van der Waals surface area contributed by atoms with Crippen molar-refractivity contribution < 1.29 is 4.74 Å². The molecule has 0 spiro atoms. The van der Waals surface area contributed by atoms with Crippen LogP contribution in [0.1, 0.15) is 0 Å². The normalized spacial score (nSPS) is 57.3. The third-order valence-corrected chi connectivity index (χ3v) is 8.92. The van der Waals surface area contributed by atoms with Gasteiger partial charge in [-0.25, -0.2) is 0 Å². The first-order chi connectivity index (χ1) is 8.11. The maximum atomic E-state index is 6.54. The minimum atomic E-state index is -1.61. The molecule has 0 radical (unpaired) electrons. The topological polar surface area (TPSA) is 9.23 Å². The van der Waals surface area contributed by atoms with Crippen molar-refractivity contribution in [3.63, 3.8) is 0 Å². The molecule has 3 rings (SSSR count). The summed E-state index contributed by atoms with van der Waals surface area (Å²) in [6, 6.07) is 0. The summed E-state index contributed by atoms with van der Waals surface area (Å²) in [5, 5.41) is 0.208. The Morgan fingerprint density at radius 1 is 0.778 bits per heavy atom. The van der Waals surface area contributed by atoms with Crippen molar-refractivity contribution in [1.82, 2.24) is 0 Å². The summed E-state index contributed by atoms with van der Waals surface area (Å²) in [4.78, 5) is -2.81. The molecule has 18 heavy (non-hydrogen) atoms. The Morgan fingerprint density at radius 2 is 1.11 bits per heavy atom. The summed E-state index contributed by atoms with van der Waals surface area (Å²) in [5.41, 5.74) is -1.57. The van der Waals surface area contributed by atoms with Crippen molar-refractivity contribution in [1.29, 1.82) is 0 Å². The number of alkyl halides is 6. The molecule has 6 atom stereocenters. The molecule has 3 aliphatic rings. The van der Waals surface area contributed by atoms with Gasteiger partial charge in [-0.1, -0.05) is 69.6 Å². The minimum Gasteiger partial charge on any atom is -0.343 e. The molecule has 0 aromatic carbocycles. The van der Waals surface area contributed by atoms with Gasteiger partial charge in [0, 0.05) is 11.8 Å². The maximum Gasteiger partial charge on any atom is 0.167 e. The van der Waals surface area contributed by atoms with E-state index in [-0.39, 0.29) is 10.1 Å². The van der Waals surface area contributed by atoms with Gasteiger partial charge in [-0.05, 0) is 0 Å². The van der Waals surface area contributed by atoms with Gasteiger partial charge in [-0.3, -0.25) is 0 Å². The van der Waals surface area contributed by atoms with Crippen molar-refractivity contribution in [2.75, 3.05) is 0 Å². The van der Waals surface area contributed by atoms with E-state index >= 15 is 0 Å². The van der Waals surface area contributed by atoms with Crippen molar-refractivity contribution >= 4 is 92.8 Å². The molecule has 1 saturated carbocycles. The van der Waals surface area contributed by atoms with E-state index in [1.165, 1.54) is 0 Å². The SMILES string of the molecule is ClC1=C(Cl)[C@]2(Cl)[C@H]3[C@@H]([C@@H](Cl)O[C@H]3Cl)[C@@]1(Cl)C2(Cl)Cl. The van der Waals surface area contributed by atoms with Crippen molar-refractivity contribution in [2.24, 2.45) is 11.8 Å². The van der Waals surface area contributed by atoms with Crippen molar-refractivity contribution in [2.45, 2.75) is 25.2 Å². The first-order valence-electron chi connectivity index (χ1n) is 4.87. The molecule has 0 aromatic rings. The van der Waals surface area contributed by atoms with Gasteiger partial charge in [0.2, 0.25) is 0 Å². The van der Waals surface area contributed by atoms with Gasteiger partial charge in [0.1, 0.15) is 20.9 Å². The summed E-state index contributed by atoms with van der Waals surface area (Å²) < 4.78 is 3.72. The fourth-order valence-electron chi connectivity index (χ4n) is 3.05. The van der Waals surface area contributed by atoms with E-state index in [2.05, 4.69) is 0 Å². The van der Waals surface area contributed by atoms with Crippen LogP contribution in [0.15, 0.2) is 10.1 Å². The molecule has 1 saturated heterocycles. The van der Waals surface area contributed by atoms with Gasteiger partial charge < -0.3 is 4.74 Å². The highest BCUT2D eigenvalue weighted by Gasteiger charge is 2.86. The van der Waals surface area contributed by atoms with Gasteiger partial charge in [-0.15, -0.1) is 23.2 Å². The highest BCUT2D eigenvalue weighted by atomic mass is 35.5. The van der Waals surface area contributed by atoms with E-state index in [1.54, 1.807) is 0 Å². The lowest BCUT2D eigenvalue weighted by atomic mass is 9.84. The number of allylic oxidation sites excluding steroid dienone is 2. The van der Waals surface area contributed by atoms with Gasteiger partial charge in [-0.2, -0.15) is 0 Å². The largest absolute Gasteiger partial charge is 0.343 e. The van der Waals surface area contributed by atoms with Crippen LogP contribution in [0.2, 0.25) is 0 Å². The van der Waals surface area contributed by atoms with Crippen LogP contribution in [0.4, 0.5) is 0 Å². The van der Waals surface area contributed by atoms with Gasteiger partial charge in [0.25, 0.3) is 0 Å². The minimum absolute atomic E-state index is 0.104. The number of rotatable bonds is 0. The van der Waals surface area contributed by atoms with Crippen LogP contribution in [0.25, 0.3) is 0 Å². The molecule has 2 bridgehead atoms. The fourth-order valence-corrected chi connectivity index (χ4v) is 7.18. The second-order valence-electron chi connectivity index (χ2n) is 4.52. The summed E-state index contributed by atoms with van der Waals surface area (Å²) >= 11 is 50.3. The first kappa shape index (κ1) is 14.9. The average molecular weight is 412 g/mol. The van der Waals surface area contributed by atoms with Crippen LogP contribution >= 0.6 is 92.8 Å². The van der Waals surface area contributed by atoms with Gasteiger partial charge >= 0.3 is 0 Å². The second-order valence-corrected chi connectivity index (χ2v) is 8.65. The molecule has 1 aliphatic heterocycles. The van der Waals surface area contributed by atoms with Crippen LogP contribution in [-0.2, 0) is 4.74 Å². The molecule has 102 valence electrons. The van der Waals surface area contributed by atoms with Crippen LogP contribution in [0.5, 0.6) is 0 Å². The zero-order chi connectivity index (χ0) is 13.7. The number of ether oxygens (including phenoxy) is 1. The van der Waals surface area contributed by atoms with E-state index < -0.39 is 37.0 Å². The van der Waals surface area contributed by atoms with E-state index in [4.69, 9.17) is 97.5 Å². The zero-order valence-electron chi connectivity index (χ0n) is 8.24. The van der Waals surface area contributed by atoms with Crippen LogP contribution < -0.4 is 0 Å². The molecule has 1 nitrogen and oxygen atoms in total. The maximum absolute atomic E-state index is 6.54. The van der Waals surface area contributed by atoms with Crippen LogP contribution in [-0.4, -0.2) is 25.2 Å². The number of halogens is 8. The molecule has 1 heterocycles. The van der Waals surface area contributed by atoms with E-state index in [9.17, 15) is 0 Å². The van der Waals surface area contributed by atoms with Gasteiger partial charge in [0.15, 0.2) is 4.33 Å². The third kappa shape index (κ3) is 1.27.